The zero-order valence-corrected chi connectivity index (χ0v) is 30.8. The normalized spacial score (nSPS) is 13.4. The molecule has 0 amide bonds. The van der Waals surface area contributed by atoms with Gasteiger partial charge in [-0.1, -0.05) is 130 Å². The van der Waals surface area contributed by atoms with E-state index >= 15 is 0 Å². The molecule has 0 bridgehead atoms. The third-order valence-electron chi connectivity index (χ3n) is 7.80. The highest BCUT2D eigenvalue weighted by molar-refractivity contribution is 5.69. The van der Waals surface area contributed by atoms with Crippen molar-refractivity contribution in [1.29, 1.82) is 0 Å². The molecule has 4 nitrogen and oxygen atoms in total. The highest BCUT2D eigenvalue weighted by Crippen LogP contribution is 2.17. The van der Waals surface area contributed by atoms with Crippen LogP contribution in [0.1, 0.15) is 162 Å². The Morgan fingerprint density at radius 3 is 1.27 bits per heavy atom. The van der Waals surface area contributed by atoms with Gasteiger partial charge >= 0.3 is 11.9 Å². The summed E-state index contributed by atoms with van der Waals surface area (Å²) >= 11 is 0. The number of hydrogen-bond acceptors (Lipinski definition) is 3. The first-order chi connectivity index (χ1) is 23.6. The molecule has 1 N–H and O–H groups in total. The zero-order chi connectivity index (χ0) is 35.0. The van der Waals surface area contributed by atoms with E-state index in [4.69, 9.17) is 9.84 Å². The van der Waals surface area contributed by atoms with Crippen LogP contribution in [0.3, 0.4) is 0 Å². The van der Waals surface area contributed by atoms with Crippen LogP contribution in [0.5, 0.6) is 0 Å². The van der Waals surface area contributed by atoms with Crippen LogP contribution in [0.4, 0.5) is 0 Å². The fourth-order valence-corrected chi connectivity index (χ4v) is 5.05. The maximum absolute atomic E-state index is 12.6. The van der Waals surface area contributed by atoms with Gasteiger partial charge in [0.15, 0.2) is 0 Å². The lowest BCUT2D eigenvalue weighted by Gasteiger charge is -2.18. The molecule has 0 spiro atoms. The molecule has 0 heterocycles. The van der Waals surface area contributed by atoms with Crippen molar-refractivity contribution in [2.45, 2.75) is 168 Å². The second kappa shape index (κ2) is 38.3. The number of unbranched alkanes of at least 4 members (excludes halogenated alkanes) is 8. The predicted octanol–water partition coefficient (Wildman–Crippen LogP) is 13.4. The number of esters is 1. The first kappa shape index (κ1) is 44.9. The van der Waals surface area contributed by atoms with Crippen LogP contribution in [-0.4, -0.2) is 23.1 Å². The van der Waals surface area contributed by atoms with Crippen molar-refractivity contribution in [3.63, 3.8) is 0 Å². The molecule has 4 heteroatoms. The Kier molecular flexibility index (Phi) is 35.8. The predicted molar refractivity (Wildman–Crippen MR) is 208 cm³/mol. The minimum atomic E-state index is -0.717. The van der Waals surface area contributed by atoms with Crippen LogP contribution in [0.25, 0.3) is 0 Å². The number of carboxylic acids is 1. The molecule has 0 aromatic rings. The number of carboxylic acid groups (broad SMARTS) is 1. The first-order valence-corrected chi connectivity index (χ1v) is 19.2. The van der Waals surface area contributed by atoms with Crippen LogP contribution >= 0.6 is 0 Å². The van der Waals surface area contributed by atoms with Crippen molar-refractivity contribution in [2.75, 3.05) is 0 Å². The molecule has 0 saturated carbocycles. The van der Waals surface area contributed by atoms with Gasteiger partial charge < -0.3 is 9.84 Å². The zero-order valence-electron chi connectivity index (χ0n) is 30.8. The van der Waals surface area contributed by atoms with Crippen LogP contribution in [0.15, 0.2) is 97.2 Å². The Morgan fingerprint density at radius 1 is 0.458 bits per heavy atom. The summed E-state index contributed by atoms with van der Waals surface area (Å²) in [6.45, 7) is 4.31. The van der Waals surface area contributed by atoms with E-state index in [1.165, 1.54) is 0 Å². The third kappa shape index (κ3) is 37.3. The molecular weight excluding hydrogens is 592 g/mol. The van der Waals surface area contributed by atoms with Crippen LogP contribution in [0, 0.1) is 0 Å². The standard InChI is InChI=1S/C44H70O4/c1-3-5-7-9-11-13-15-17-19-21-23-25-27-30-34-38-42(39-35-31-29-32-36-40-43(45)46)48-44(47)41-37-33-28-26-24-22-20-18-16-14-12-10-8-6-4-2/h5-8,11-14,17-20,23-26,42H,3-4,9-10,15-16,21-22,27-41H2,1-2H3,(H,45,46)/b7-5-,8-6-,13-11-,14-12-,19-17-,20-18-,25-23-,26-24-. The van der Waals surface area contributed by atoms with Crippen LogP contribution < -0.4 is 0 Å². The fraction of sp³-hybridized carbons (Fsp3) is 0.591. The average molecular weight is 663 g/mol. The van der Waals surface area contributed by atoms with Gasteiger partial charge in [-0.05, 0) is 116 Å². The van der Waals surface area contributed by atoms with Crippen molar-refractivity contribution in [1.82, 2.24) is 0 Å². The van der Waals surface area contributed by atoms with Crippen molar-refractivity contribution >= 4 is 11.9 Å². The van der Waals surface area contributed by atoms with Gasteiger partial charge in [0.25, 0.3) is 0 Å². The summed E-state index contributed by atoms with van der Waals surface area (Å²) in [6.07, 6.45) is 57.0. The van der Waals surface area contributed by atoms with Crippen molar-refractivity contribution < 1.29 is 19.4 Å². The number of carbonyl (C=O) groups excluding carboxylic acids is 1. The van der Waals surface area contributed by atoms with Gasteiger partial charge in [-0.3, -0.25) is 9.59 Å². The van der Waals surface area contributed by atoms with Gasteiger partial charge in [0.1, 0.15) is 6.10 Å². The van der Waals surface area contributed by atoms with Gasteiger partial charge in [0.2, 0.25) is 0 Å². The first-order valence-electron chi connectivity index (χ1n) is 19.2. The lowest BCUT2D eigenvalue weighted by molar-refractivity contribution is -0.150. The lowest BCUT2D eigenvalue weighted by Crippen LogP contribution is -2.18. The Morgan fingerprint density at radius 2 is 0.812 bits per heavy atom. The van der Waals surface area contributed by atoms with Gasteiger partial charge in [-0.2, -0.15) is 0 Å². The summed E-state index contributed by atoms with van der Waals surface area (Å²) in [5.74, 6) is -0.781. The second-order valence-electron chi connectivity index (χ2n) is 12.3. The molecule has 0 aromatic heterocycles. The molecule has 1 unspecified atom stereocenters. The van der Waals surface area contributed by atoms with Crippen molar-refractivity contribution in [3.05, 3.63) is 97.2 Å². The Bertz CT molecular complexity index is 976. The number of ether oxygens (including phenoxy) is 1. The number of allylic oxidation sites excluding steroid dienone is 16. The largest absolute Gasteiger partial charge is 0.481 e. The van der Waals surface area contributed by atoms with Crippen LogP contribution in [0.2, 0.25) is 0 Å². The molecular formula is C44H70O4. The van der Waals surface area contributed by atoms with Crippen LogP contribution in [-0.2, 0) is 14.3 Å². The molecule has 270 valence electrons. The molecule has 48 heavy (non-hydrogen) atoms. The summed E-state index contributed by atoms with van der Waals surface area (Å²) in [4.78, 5) is 23.4. The van der Waals surface area contributed by atoms with E-state index in [2.05, 4.69) is 111 Å². The van der Waals surface area contributed by atoms with E-state index in [0.29, 0.717) is 6.42 Å². The summed E-state index contributed by atoms with van der Waals surface area (Å²) in [5.41, 5.74) is 0. The number of carbonyl (C=O) groups is 2. The Balaban J connectivity index is 4.28. The van der Waals surface area contributed by atoms with E-state index in [9.17, 15) is 9.59 Å². The van der Waals surface area contributed by atoms with E-state index in [1.54, 1.807) is 0 Å². The Labute approximate surface area is 295 Å². The van der Waals surface area contributed by atoms with Gasteiger partial charge in [0, 0.05) is 12.8 Å². The average Bonchev–Trinajstić information content (AvgIpc) is 3.07. The molecule has 0 fully saturated rings. The quantitative estimate of drug-likeness (QED) is 0.0431. The molecule has 0 rings (SSSR count). The number of rotatable bonds is 33. The maximum atomic E-state index is 12.6. The fourth-order valence-electron chi connectivity index (χ4n) is 5.05. The van der Waals surface area contributed by atoms with E-state index < -0.39 is 5.97 Å². The maximum Gasteiger partial charge on any atom is 0.306 e. The van der Waals surface area contributed by atoms with E-state index in [-0.39, 0.29) is 18.5 Å². The molecule has 0 aliphatic heterocycles. The SMILES string of the molecule is CC/C=C\C/C=C\C/C=C\C/C=C\CCCCC(=O)OC(CCCC/C=C\C/C=C\C/C=C\C/C=C\CC)CCCCCCCC(=O)O. The van der Waals surface area contributed by atoms with Gasteiger partial charge in [-0.15, -0.1) is 0 Å². The van der Waals surface area contributed by atoms with E-state index in [1.807, 2.05) is 0 Å². The lowest BCUT2D eigenvalue weighted by atomic mass is 10.0. The monoisotopic (exact) mass is 663 g/mol. The molecule has 0 aromatic carbocycles. The third-order valence-corrected chi connectivity index (χ3v) is 7.80. The molecule has 0 aliphatic carbocycles. The van der Waals surface area contributed by atoms with Gasteiger partial charge in [-0.25, -0.2) is 0 Å². The molecule has 0 aliphatic rings. The second-order valence-corrected chi connectivity index (χ2v) is 12.3. The highest BCUT2D eigenvalue weighted by atomic mass is 16.5. The molecule has 0 radical (unpaired) electrons. The number of hydrogen-bond donors (Lipinski definition) is 1. The summed E-state index contributed by atoms with van der Waals surface area (Å²) in [6, 6.07) is 0. The molecule has 1 atom stereocenters. The van der Waals surface area contributed by atoms with Gasteiger partial charge in [0.05, 0.1) is 0 Å². The number of aliphatic carboxylic acids is 1. The summed E-state index contributed by atoms with van der Waals surface area (Å²) in [5, 5.41) is 8.82. The minimum Gasteiger partial charge on any atom is -0.481 e. The minimum absolute atomic E-state index is 0.0108. The van der Waals surface area contributed by atoms with E-state index in [0.717, 1.165) is 135 Å². The summed E-state index contributed by atoms with van der Waals surface area (Å²) in [7, 11) is 0. The van der Waals surface area contributed by atoms with Crippen molar-refractivity contribution in [3.8, 4) is 0 Å². The smallest absolute Gasteiger partial charge is 0.306 e. The summed E-state index contributed by atoms with van der Waals surface area (Å²) < 4.78 is 5.96. The topological polar surface area (TPSA) is 63.6 Å². The van der Waals surface area contributed by atoms with Crippen molar-refractivity contribution in [2.24, 2.45) is 0 Å². The molecule has 0 saturated heterocycles. The Hall–Kier alpha value is -3.14. The highest BCUT2D eigenvalue weighted by Gasteiger charge is 2.14.